The number of carbonyl (C=O) groups is 2. The van der Waals surface area contributed by atoms with E-state index >= 15 is 0 Å². The Hall–Kier alpha value is -1.84. The molecule has 0 spiro atoms. The molecule has 0 heterocycles. The molecule has 0 fully saturated rings. The molecule has 82 valence electrons. The second kappa shape index (κ2) is 5.80. The van der Waals surface area contributed by atoms with Crippen LogP contribution in [-0.4, -0.2) is 25.2 Å². The Morgan fingerprint density at radius 2 is 1.80 bits per heavy atom. The molecule has 4 nitrogen and oxygen atoms in total. The van der Waals surface area contributed by atoms with Gasteiger partial charge in [-0.15, -0.1) is 0 Å². The molecule has 0 rings (SSSR count). The maximum absolute atomic E-state index is 11.2. The van der Waals surface area contributed by atoms with Gasteiger partial charge in [0.05, 0.1) is 12.7 Å². The Morgan fingerprint density at radius 1 is 1.27 bits per heavy atom. The highest BCUT2D eigenvalue weighted by Crippen LogP contribution is 2.10. The van der Waals surface area contributed by atoms with Gasteiger partial charge in [-0.3, -0.25) is 0 Å². The topological polar surface area (TPSA) is 52.6 Å². The van der Waals surface area contributed by atoms with Crippen molar-refractivity contribution in [3.8, 4) is 0 Å². The molecule has 0 saturated heterocycles. The van der Waals surface area contributed by atoms with Gasteiger partial charge in [0.25, 0.3) is 0 Å². The Morgan fingerprint density at radius 3 is 2.13 bits per heavy atom. The first-order chi connectivity index (χ1) is 6.93. The lowest BCUT2D eigenvalue weighted by atomic mass is 10.1. The fourth-order valence-electron chi connectivity index (χ4n) is 0.725. The largest absolute Gasteiger partial charge is 0.466 e. The fourth-order valence-corrected chi connectivity index (χ4v) is 0.725. The zero-order valence-electron chi connectivity index (χ0n) is 8.91. The molecular weight excluding hydrogens is 196 g/mol. The van der Waals surface area contributed by atoms with Crippen LogP contribution in [0, 0.1) is 0 Å². The summed E-state index contributed by atoms with van der Waals surface area (Å²) in [6.45, 7) is 11.8. The zero-order valence-corrected chi connectivity index (χ0v) is 8.91. The molecule has 0 N–H and O–H groups in total. The molecule has 1 atom stereocenters. The van der Waals surface area contributed by atoms with Crippen molar-refractivity contribution in [3.63, 3.8) is 0 Å². The van der Waals surface area contributed by atoms with Crippen LogP contribution in [0.25, 0.3) is 0 Å². The monoisotopic (exact) mass is 210 g/mol. The van der Waals surface area contributed by atoms with Crippen LogP contribution in [0.15, 0.2) is 37.0 Å². The Labute approximate surface area is 88.9 Å². The van der Waals surface area contributed by atoms with Crippen molar-refractivity contribution in [3.05, 3.63) is 37.0 Å². The molecule has 0 saturated carbocycles. The molecule has 0 aromatic carbocycles. The molecule has 0 aliphatic rings. The minimum atomic E-state index is -0.887. The van der Waals surface area contributed by atoms with E-state index in [-0.39, 0.29) is 11.1 Å². The van der Waals surface area contributed by atoms with E-state index in [0.717, 1.165) is 0 Å². The maximum atomic E-state index is 11.2. The van der Waals surface area contributed by atoms with E-state index in [4.69, 9.17) is 4.74 Å². The van der Waals surface area contributed by atoms with Crippen molar-refractivity contribution in [1.82, 2.24) is 0 Å². The Bertz CT molecular complexity index is 315. The van der Waals surface area contributed by atoms with E-state index in [1.165, 1.54) is 20.1 Å². The highest BCUT2D eigenvalue weighted by Gasteiger charge is 2.20. The quantitative estimate of drug-likeness (QED) is 0.391. The van der Waals surface area contributed by atoms with Crippen molar-refractivity contribution >= 4 is 11.9 Å². The standard InChI is InChI=1S/C11H14O4/c1-6-9(8(4)11(13)14-5)15-10(12)7(2)3/h6,9H,1-2,4H2,3,5H3. The van der Waals surface area contributed by atoms with Crippen molar-refractivity contribution in [2.24, 2.45) is 0 Å². The van der Waals surface area contributed by atoms with E-state index in [1.807, 2.05) is 0 Å². The van der Waals surface area contributed by atoms with E-state index in [1.54, 1.807) is 0 Å². The molecule has 0 aromatic heterocycles. The van der Waals surface area contributed by atoms with Crippen molar-refractivity contribution in [2.75, 3.05) is 7.11 Å². The zero-order chi connectivity index (χ0) is 12.0. The van der Waals surface area contributed by atoms with Gasteiger partial charge in [-0.2, -0.15) is 0 Å². The van der Waals surface area contributed by atoms with Crippen LogP contribution < -0.4 is 0 Å². The fraction of sp³-hybridized carbons (Fsp3) is 0.273. The van der Waals surface area contributed by atoms with Crippen LogP contribution >= 0.6 is 0 Å². The second-order valence-electron chi connectivity index (χ2n) is 2.86. The number of hydrogen-bond donors (Lipinski definition) is 0. The molecule has 0 amide bonds. The van der Waals surface area contributed by atoms with Crippen molar-refractivity contribution in [2.45, 2.75) is 13.0 Å². The van der Waals surface area contributed by atoms with Gasteiger partial charge in [-0.1, -0.05) is 19.7 Å². The number of methoxy groups -OCH3 is 1. The summed E-state index contributed by atoms with van der Waals surface area (Å²) < 4.78 is 9.33. The highest BCUT2D eigenvalue weighted by molar-refractivity contribution is 5.91. The van der Waals surface area contributed by atoms with Crippen LogP contribution in [0.3, 0.4) is 0 Å². The summed E-state index contributed by atoms with van der Waals surface area (Å²) in [7, 11) is 1.22. The van der Waals surface area contributed by atoms with E-state index in [0.29, 0.717) is 0 Å². The van der Waals surface area contributed by atoms with Crippen molar-refractivity contribution < 1.29 is 19.1 Å². The van der Waals surface area contributed by atoms with Crippen LogP contribution in [0.4, 0.5) is 0 Å². The Kier molecular flexibility index (Phi) is 5.09. The first-order valence-corrected chi connectivity index (χ1v) is 4.20. The average Bonchev–Trinajstić information content (AvgIpc) is 2.23. The van der Waals surface area contributed by atoms with Gasteiger partial charge >= 0.3 is 11.9 Å². The Balaban J connectivity index is 4.58. The van der Waals surface area contributed by atoms with E-state index < -0.39 is 18.0 Å². The van der Waals surface area contributed by atoms with Gasteiger partial charge < -0.3 is 9.47 Å². The number of rotatable bonds is 5. The van der Waals surface area contributed by atoms with Crippen LogP contribution in [0.2, 0.25) is 0 Å². The summed E-state index contributed by atoms with van der Waals surface area (Å²) in [5, 5.41) is 0. The smallest absolute Gasteiger partial charge is 0.337 e. The van der Waals surface area contributed by atoms with E-state index in [9.17, 15) is 9.59 Å². The third kappa shape index (κ3) is 3.81. The third-order valence-electron chi connectivity index (χ3n) is 1.59. The minimum Gasteiger partial charge on any atom is -0.466 e. The van der Waals surface area contributed by atoms with Gasteiger partial charge in [0.2, 0.25) is 0 Å². The summed E-state index contributed by atoms with van der Waals surface area (Å²) in [6.07, 6.45) is 0.404. The van der Waals surface area contributed by atoms with Crippen LogP contribution in [0.5, 0.6) is 0 Å². The number of hydrogen-bond acceptors (Lipinski definition) is 4. The summed E-state index contributed by atoms with van der Waals surface area (Å²) in [5.74, 6) is -1.25. The summed E-state index contributed by atoms with van der Waals surface area (Å²) >= 11 is 0. The normalized spacial score (nSPS) is 11.1. The lowest BCUT2D eigenvalue weighted by Crippen LogP contribution is -2.23. The maximum Gasteiger partial charge on any atom is 0.337 e. The van der Waals surface area contributed by atoms with Gasteiger partial charge in [0, 0.05) is 5.57 Å². The van der Waals surface area contributed by atoms with E-state index in [2.05, 4.69) is 24.5 Å². The lowest BCUT2D eigenvalue weighted by Gasteiger charge is -2.14. The number of carbonyl (C=O) groups excluding carboxylic acids is 2. The van der Waals surface area contributed by atoms with Crippen molar-refractivity contribution in [1.29, 1.82) is 0 Å². The van der Waals surface area contributed by atoms with Crippen LogP contribution in [-0.2, 0) is 19.1 Å². The molecule has 4 heteroatoms. The highest BCUT2D eigenvalue weighted by atomic mass is 16.6. The summed E-state index contributed by atoms with van der Waals surface area (Å²) in [4.78, 5) is 22.2. The molecule has 0 bridgehead atoms. The van der Waals surface area contributed by atoms with Gasteiger partial charge in [-0.05, 0) is 13.0 Å². The molecule has 1 unspecified atom stereocenters. The molecule has 0 aliphatic heterocycles. The third-order valence-corrected chi connectivity index (χ3v) is 1.59. The SMILES string of the molecule is C=CC(OC(=O)C(=C)C)C(=C)C(=O)OC. The first-order valence-electron chi connectivity index (χ1n) is 4.20. The molecule has 0 aromatic rings. The van der Waals surface area contributed by atoms with Gasteiger partial charge in [0.15, 0.2) is 6.10 Å². The predicted molar refractivity (Wildman–Crippen MR) is 56.0 cm³/mol. The number of ether oxygens (including phenoxy) is 2. The predicted octanol–water partition coefficient (Wildman–Crippen LogP) is 1.39. The minimum absolute atomic E-state index is 0.0158. The van der Waals surface area contributed by atoms with Gasteiger partial charge in [-0.25, -0.2) is 9.59 Å². The van der Waals surface area contributed by atoms with Crippen LogP contribution in [0.1, 0.15) is 6.92 Å². The molecule has 0 radical (unpaired) electrons. The lowest BCUT2D eigenvalue weighted by molar-refractivity contribution is -0.143. The summed E-state index contributed by atoms with van der Waals surface area (Å²) in [5.41, 5.74) is 0.251. The van der Waals surface area contributed by atoms with Gasteiger partial charge in [0.1, 0.15) is 0 Å². The molecular formula is C11H14O4. The second-order valence-corrected chi connectivity index (χ2v) is 2.86. The first kappa shape index (κ1) is 13.2. The number of esters is 2. The summed E-state index contributed by atoms with van der Waals surface area (Å²) in [6, 6.07) is 0. The molecule has 0 aliphatic carbocycles. The average molecular weight is 210 g/mol. The molecule has 15 heavy (non-hydrogen) atoms.